The molecule has 0 saturated heterocycles. The molecule has 0 aliphatic carbocycles. The van der Waals surface area contributed by atoms with Crippen LogP contribution in [0.5, 0.6) is 0 Å². The zero-order valence-electron chi connectivity index (χ0n) is 21.5. The maximum Gasteiger partial charge on any atom is 0.243 e. The molecule has 0 aliphatic rings. The highest BCUT2D eigenvalue weighted by Gasteiger charge is 2.33. The highest BCUT2D eigenvalue weighted by molar-refractivity contribution is 5.95. The van der Waals surface area contributed by atoms with Crippen molar-refractivity contribution in [2.24, 2.45) is 23.3 Å². The van der Waals surface area contributed by atoms with Crippen molar-refractivity contribution < 1.29 is 29.1 Å². The van der Waals surface area contributed by atoms with E-state index >= 15 is 0 Å². The molecule has 0 heterocycles. The molecular formula is C23H44N6O6. The second-order valence-corrected chi connectivity index (χ2v) is 9.17. The second kappa shape index (κ2) is 17.0. The van der Waals surface area contributed by atoms with Crippen LogP contribution in [-0.4, -0.2) is 78.4 Å². The summed E-state index contributed by atoms with van der Waals surface area (Å²) in [7, 11) is 0. The number of hydrogen-bond donors (Lipinski definition) is 7. The van der Waals surface area contributed by atoms with Crippen molar-refractivity contribution in [2.75, 3.05) is 13.2 Å². The largest absolute Gasteiger partial charge is 0.394 e. The van der Waals surface area contributed by atoms with E-state index in [9.17, 15) is 24.0 Å². The van der Waals surface area contributed by atoms with Gasteiger partial charge in [-0.3, -0.25) is 19.2 Å². The summed E-state index contributed by atoms with van der Waals surface area (Å²) in [5.41, 5.74) is 11.1. The maximum absolute atomic E-state index is 13.1. The van der Waals surface area contributed by atoms with Crippen molar-refractivity contribution in [3.8, 4) is 0 Å². The van der Waals surface area contributed by atoms with E-state index in [1.807, 2.05) is 6.92 Å². The lowest BCUT2D eigenvalue weighted by Crippen LogP contribution is -2.60. The van der Waals surface area contributed by atoms with Crippen LogP contribution in [0, 0.1) is 11.8 Å². The number of nitrogens with one attached hydrogen (secondary N) is 4. The Bertz CT molecular complexity index is 704. The fourth-order valence-electron chi connectivity index (χ4n) is 3.21. The molecule has 0 aromatic heterocycles. The van der Waals surface area contributed by atoms with E-state index in [1.165, 1.54) is 6.92 Å². The van der Waals surface area contributed by atoms with E-state index in [1.54, 1.807) is 20.8 Å². The lowest BCUT2D eigenvalue weighted by molar-refractivity contribution is -0.135. The Kier molecular flexibility index (Phi) is 15.7. The molecule has 202 valence electrons. The average molecular weight is 501 g/mol. The summed E-state index contributed by atoms with van der Waals surface area (Å²) in [5, 5.41) is 19.6. The molecule has 9 N–H and O–H groups in total. The van der Waals surface area contributed by atoms with E-state index in [0.29, 0.717) is 32.1 Å². The number of aldehydes is 1. The number of carbonyl (C=O) groups is 5. The summed E-state index contributed by atoms with van der Waals surface area (Å²) in [6.07, 6.45) is 2.58. The van der Waals surface area contributed by atoms with Gasteiger partial charge >= 0.3 is 0 Å². The lowest BCUT2D eigenvalue weighted by Gasteiger charge is -2.29. The van der Waals surface area contributed by atoms with Gasteiger partial charge < -0.3 is 42.6 Å². The molecule has 12 nitrogen and oxygen atoms in total. The number of hydrogen-bond acceptors (Lipinski definition) is 8. The predicted octanol–water partition coefficient (Wildman–Crippen LogP) is -1.70. The Morgan fingerprint density at radius 1 is 0.857 bits per heavy atom. The number of nitrogens with two attached hydrogens (primary N) is 2. The highest BCUT2D eigenvalue weighted by atomic mass is 16.3. The third kappa shape index (κ3) is 11.6. The number of aliphatic hydroxyl groups excluding tert-OH is 1. The van der Waals surface area contributed by atoms with Crippen molar-refractivity contribution in [2.45, 2.75) is 90.5 Å². The quantitative estimate of drug-likeness (QED) is 0.0902. The first-order chi connectivity index (χ1) is 16.4. The molecule has 12 heteroatoms. The van der Waals surface area contributed by atoms with Gasteiger partial charge in [-0.2, -0.15) is 0 Å². The van der Waals surface area contributed by atoms with Crippen LogP contribution in [-0.2, 0) is 24.0 Å². The summed E-state index contributed by atoms with van der Waals surface area (Å²) in [6.45, 7) is 8.46. The van der Waals surface area contributed by atoms with Crippen LogP contribution >= 0.6 is 0 Å². The Morgan fingerprint density at radius 3 is 1.91 bits per heavy atom. The first kappa shape index (κ1) is 32.4. The van der Waals surface area contributed by atoms with Gasteiger partial charge in [-0.1, -0.05) is 34.1 Å². The summed E-state index contributed by atoms with van der Waals surface area (Å²) in [6, 6.07) is -4.79. The molecule has 0 aromatic carbocycles. The molecule has 0 aromatic rings. The Morgan fingerprint density at radius 2 is 1.43 bits per heavy atom. The normalized spacial score (nSPS) is 16.3. The number of aliphatic hydroxyl groups is 1. The molecule has 0 aliphatic heterocycles. The fraction of sp³-hybridized carbons (Fsp3) is 0.783. The molecule has 0 spiro atoms. The van der Waals surface area contributed by atoms with Gasteiger partial charge in [0.1, 0.15) is 30.5 Å². The van der Waals surface area contributed by atoms with E-state index in [0.717, 1.165) is 0 Å². The summed E-state index contributed by atoms with van der Waals surface area (Å²) in [4.78, 5) is 61.9. The minimum atomic E-state index is -1.18. The van der Waals surface area contributed by atoms with Crippen LogP contribution < -0.4 is 32.7 Å². The topological polar surface area (TPSA) is 206 Å². The molecule has 0 saturated carbocycles. The number of rotatable bonds is 17. The Labute approximate surface area is 207 Å². The molecule has 0 bridgehead atoms. The van der Waals surface area contributed by atoms with E-state index in [-0.39, 0.29) is 18.3 Å². The Hall–Kier alpha value is -2.57. The molecule has 0 fully saturated rings. The minimum absolute atomic E-state index is 0.267. The molecule has 4 amide bonds. The van der Waals surface area contributed by atoms with Crippen molar-refractivity contribution >= 4 is 29.9 Å². The van der Waals surface area contributed by atoms with Gasteiger partial charge in [-0.25, -0.2) is 0 Å². The molecule has 0 unspecified atom stereocenters. The third-order valence-electron chi connectivity index (χ3n) is 5.73. The highest BCUT2D eigenvalue weighted by Crippen LogP contribution is 2.11. The summed E-state index contributed by atoms with van der Waals surface area (Å²) >= 11 is 0. The van der Waals surface area contributed by atoms with Crippen LogP contribution in [0.25, 0.3) is 0 Å². The van der Waals surface area contributed by atoms with Crippen molar-refractivity contribution in [3.63, 3.8) is 0 Å². The molecule has 0 rings (SSSR count). The minimum Gasteiger partial charge on any atom is -0.394 e. The van der Waals surface area contributed by atoms with Crippen LogP contribution in [0.4, 0.5) is 0 Å². The first-order valence-electron chi connectivity index (χ1n) is 12.2. The zero-order chi connectivity index (χ0) is 27.1. The standard InChI is InChI=1S/C23H44N6O6/c1-6-14(4)19(29-20(32)16(25)12-31)23(35)27-17(9-7-8-10-24)21(33)28-18(13(2)3)22(34)26-15(5)11-30/h11,13-19,31H,6-10,12,24-25H2,1-5H3,(H,26,34)(H,27,35)(H,28,33)(H,29,32)/t14-,15-,16-,17-,18-,19-/m0/s1. The van der Waals surface area contributed by atoms with Gasteiger partial charge in [0.15, 0.2) is 0 Å². The zero-order valence-corrected chi connectivity index (χ0v) is 21.5. The fourth-order valence-corrected chi connectivity index (χ4v) is 3.21. The smallest absolute Gasteiger partial charge is 0.243 e. The first-order valence-corrected chi connectivity index (χ1v) is 12.2. The third-order valence-corrected chi connectivity index (χ3v) is 5.73. The van der Waals surface area contributed by atoms with Gasteiger partial charge in [0.05, 0.1) is 12.6 Å². The van der Waals surface area contributed by atoms with Crippen molar-refractivity contribution in [1.82, 2.24) is 21.3 Å². The number of carbonyl (C=O) groups excluding carboxylic acids is 5. The molecule has 6 atom stereocenters. The van der Waals surface area contributed by atoms with E-state index in [4.69, 9.17) is 16.6 Å². The summed E-state index contributed by atoms with van der Waals surface area (Å²) in [5.74, 6) is -2.90. The van der Waals surface area contributed by atoms with Gasteiger partial charge in [-0.05, 0) is 44.6 Å². The van der Waals surface area contributed by atoms with E-state index in [2.05, 4.69) is 21.3 Å². The monoisotopic (exact) mass is 500 g/mol. The average Bonchev–Trinajstić information content (AvgIpc) is 2.83. The predicted molar refractivity (Wildman–Crippen MR) is 132 cm³/mol. The second-order valence-electron chi connectivity index (χ2n) is 9.17. The number of unbranched alkanes of at least 4 members (excludes halogenated alkanes) is 1. The van der Waals surface area contributed by atoms with Crippen molar-refractivity contribution in [1.29, 1.82) is 0 Å². The van der Waals surface area contributed by atoms with Crippen LogP contribution in [0.15, 0.2) is 0 Å². The molecule has 0 radical (unpaired) electrons. The molecule has 35 heavy (non-hydrogen) atoms. The van der Waals surface area contributed by atoms with E-state index < -0.39 is 60.4 Å². The Balaban J connectivity index is 5.67. The van der Waals surface area contributed by atoms with Gasteiger partial charge in [0, 0.05) is 0 Å². The van der Waals surface area contributed by atoms with Gasteiger partial charge in [0.25, 0.3) is 0 Å². The molecular weight excluding hydrogens is 456 g/mol. The maximum atomic E-state index is 13.1. The van der Waals surface area contributed by atoms with Crippen LogP contribution in [0.1, 0.15) is 60.3 Å². The summed E-state index contributed by atoms with van der Waals surface area (Å²) < 4.78 is 0. The SMILES string of the molecule is CC[C@H](C)[C@H](NC(=O)[C@@H](N)CO)C(=O)N[C@@H](CCCCN)C(=O)N[C@H](C(=O)N[C@@H](C)C=O)C(C)C. The van der Waals surface area contributed by atoms with Gasteiger partial charge in [0.2, 0.25) is 23.6 Å². The van der Waals surface area contributed by atoms with Crippen LogP contribution in [0.3, 0.4) is 0 Å². The number of amides is 4. The van der Waals surface area contributed by atoms with Gasteiger partial charge in [-0.15, -0.1) is 0 Å². The van der Waals surface area contributed by atoms with Crippen LogP contribution in [0.2, 0.25) is 0 Å². The lowest BCUT2D eigenvalue weighted by atomic mass is 9.96. The van der Waals surface area contributed by atoms with Crippen molar-refractivity contribution in [3.05, 3.63) is 0 Å².